The maximum absolute atomic E-state index is 6.15. The Morgan fingerprint density at radius 3 is 3.11 bits per heavy atom. The molecule has 4 heteroatoms. The normalized spacial score (nSPS) is 21.1. The number of ether oxygens (including phenoxy) is 1. The lowest BCUT2D eigenvalue weighted by atomic mass is 10.1. The first-order valence-electron chi connectivity index (χ1n) is 6.49. The standard InChI is InChI=1S/C14H20BrNOS/c15-11-3-1-5-14(9-11)18-10-12(16)6-7-13-4-2-8-17-13/h1,3,5,9,12-13H,2,4,6-8,10,16H2. The van der Waals surface area contributed by atoms with Gasteiger partial charge < -0.3 is 10.5 Å². The van der Waals surface area contributed by atoms with Crippen LogP contribution in [0.25, 0.3) is 0 Å². The van der Waals surface area contributed by atoms with Crippen LogP contribution in [0.4, 0.5) is 0 Å². The van der Waals surface area contributed by atoms with E-state index in [1.807, 2.05) is 17.8 Å². The van der Waals surface area contributed by atoms with Gasteiger partial charge in [-0.05, 0) is 43.9 Å². The smallest absolute Gasteiger partial charge is 0.0576 e. The molecule has 0 aromatic heterocycles. The lowest BCUT2D eigenvalue weighted by molar-refractivity contribution is 0.101. The summed E-state index contributed by atoms with van der Waals surface area (Å²) >= 11 is 5.31. The van der Waals surface area contributed by atoms with Crippen LogP contribution in [-0.2, 0) is 4.74 Å². The van der Waals surface area contributed by atoms with E-state index in [0.29, 0.717) is 6.10 Å². The largest absolute Gasteiger partial charge is 0.378 e. The highest BCUT2D eigenvalue weighted by molar-refractivity contribution is 9.10. The van der Waals surface area contributed by atoms with Crippen molar-refractivity contribution in [2.24, 2.45) is 5.73 Å². The molecule has 100 valence electrons. The van der Waals surface area contributed by atoms with Gasteiger partial charge in [-0.1, -0.05) is 22.0 Å². The van der Waals surface area contributed by atoms with Crippen molar-refractivity contribution in [1.29, 1.82) is 0 Å². The fraction of sp³-hybridized carbons (Fsp3) is 0.571. The fourth-order valence-electron chi connectivity index (χ4n) is 2.12. The number of thioether (sulfide) groups is 1. The maximum Gasteiger partial charge on any atom is 0.0576 e. The molecule has 1 fully saturated rings. The van der Waals surface area contributed by atoms with E-state index in [2.05, 4.69) is 34.1 Å². The third-order valence-electron chi connectivity index (χ3n) is 3.14. The summed E-state index contributed by atoms with van der Waals surface area (Å²) in [5.41, 5.74) is 6.15. The van der Waals surface area contributed by atoms with Gasteiger partial charge >= 0.3 is 0 Å². The Kier molecular flexibility index (Phi) is 6.02. The molecule has 2 atom stereocenters. The third kappa shape index (κ3) is 4.92. The molecule has 0 spiro atoms. The summed E-state index contributed by atoms with van der Waals surface area (Å²) in [5, 5.41) is 0. The molecule has 18 heavy (non-hydrogen) atoms. The molecule has 1 aliphatic heterocycles. The van der Waals surface area contributed by atoms with Crippen molar-refractivity contribution in [3.05, 3.63) is 28.7 Å². The van der Waals surface area contributed by atoms with Crippen LogP contribution in [0.15, 0.2) is 33.6 Å². The predicted molar refractivity (Wildman–Crippen MR) is 81.0 cm³/mol. The van der Waals surface area contributed by atoms with E-state index in [9.17, 15) is 0 Å². The van der Waals surface area contributed by atoms with E-state index >= 15 is 0 Å². The van der Waals surface area contributed by atoms with E-state index in [1.54, 1.807) is 0 Å². The first kappa shape index (κ1) is 14.4. The predicted octanol–water partition coefficient (Wildman–Crippen LogP) is 3.83. The van der Waals surface area contributed by atoms with Crippen molar-refractivity contribution in [2.45, 2.75) is 42.7 Å². The maximum atomic E-state index is 6.15. The summed E-state index contributed by atoms with van der Waals surface area (Å²) in [6.07, 6.45) is 5.07. The number of benzene rings is 1. The van der Waals surface area contributed by atoms with Gasteiger partial charge in [0.1, 0.15) is 0 Å². The molecule has 0 saturated carbocycles. The minimum Gasteiger partial charge on any atom is -0.378 e. The Morgan fingerprint density at radius 1 is 1.50 bits per heavy atom. The quantitative estimate of drug-likeness (QED) is 0.805. The van der Waals surface area contributed by atoms with Crippen LogP contribution in [0.3, 0.4) is 0 Å². The lowest BCUT2D eigenvalue weighted by Crippen LogP contribution is -2.24. The average Bonchev–Trinajstić information content (AvgIpc) is 2.87. The molecular formula is C14H20BrNOS. The van der Waals surface area contributed by atoms with Crippen molar-refractivity contribution < 1.29 is 4.74 Å². The molecule has 1 aromatic carbocycles. The lowest BCUT2D eigenvalue weighted by Gasteiger charge is -2.14. The van der Waals surface area contributed by atoms with Gasteiger partial charge in [-0.15, -0.1) is 11.8 Å². The Balaban J connectivity index is 1.66. The van der Waals surface area contributed by atoms with Gasteiger partial charge in [0.05, 0.1) is 6.10 Å². The van der Waals surface area contributed by atoms with E-state index in [1.165, 1.54) is 17.7 Å². The molecule has 0 amide bonds. The summed E-state index contributed by atoms with van der Waals surface area (Å²) in [6, 6.07) is 8.63. The molecule has 0 bridgehead atoms. The average molecular weight is 330 g/mol. The van der Waals surface area contributed by atoms with Crippen molar-refractivity contribution in [3.63, 3.8) is 0 Å². The van der Waals surface area contributed by atoms with Gasteiger partial charge in [-0.2, -0.15) is 0 Å². The SMILES string of the molecule is NC(CCC1CCCO1)CSc1cccc(Br)c1. The van der Waals surface area contributed by atoms with Crippen molar-refractivity contribution in [1.82, 2.24) is 0 Å². The second-order valence-corrected chi connectivity index (χ2v) is 6.75. The molecule has 1 saturated heterocycles. The monoisotopic (exact) mass is 329 g/mol. The first-order valence-corrected chi connectivity index (χ1v) is 8.27. The minimum absolute atomic E-state index is 0.262. The van der Waals surface area contributed by atoms with Gasteiger partial charge in [0.15, 0.2) is 0 Å². The van der Waals surface area contributed by atoms with Crippen LogP contribution < -0.4 is 5.73 Å². The Morgan fingerprint density at radius 2 is 2.39 bits per heavy atom. The van der Waals surface area contributed by atoms with Gasteiger partial charge in [-0.3, -0.25) is 0 Å². The highest BCUT2D eigenvalue weighted by Crippen LogP contribution is 2.24. The van der Waals surface area contributed by atoms with E-state index in [0.717, 1.165) is 29.7 Å². The number of hydrogen-bond donors (Lipinski definition) is 1. The number of rotatable bonds is 6. The van der Waals surface area contributed by atoms with Gasteiger partial charge in [0.25, 0.3) is 0 Å². The topological polar surface area (TPSA) is 35.2 Å². The van der Waals surface area contributed by atoms with Gasteiger partial charge in [0, 0.05) is 27.8 Å². The summed E-state index contributed by atoms with van der Waals surface area (Å²) in [4.78, 5) is 1.27. The first-order chi connectivity index (χ1) is 8.74. The molecule has 2 nitrogen and oxygen atoms in total. The summed E-state index contributed by atoms with van der Waals surface area (Å²) in [6.45, 7) is 0.937. The van der Waals surface area contributed by atoms with Crippen molar-refractivity contribution in [3.8, 4) is 0 Å². The van der Waals surface area contributed by atoms with Crippen molar-refractivity contribution in [2.75, 3.05) is 12.4 Å². The summed E-state index contributed by atoms with van der Waals surface area (Å²) in [5.74, 6) is 0.975. The Hall–Kier alpha value is -0.0300. The molecule has 0 aliphatic carbocycles. The zero-order valence-corrected chi connectivity index (χ0v) is 12.9. The van der Waals surface area contributed by atoms with E-state index in [-0.39, 0.29) is 6.04 Å². The second kappa shape index (κ2) is 7.53. The molecule has 0 radical (unpaired) electrons. The van der Waals surface area contributed by atoms with Gasteiger partial charge in [0.2, 0.25) is 0 Å². The Bertz CT molecular complexity index is 369. The van der Waals surface area contributed by atoms with Crippen LogP contribution in [0.5, 0.6) is 0 Å². The number of nitrogens with two attached hydrogens (primary N) is 1. The highest BCUT2D eigenvalue weighted by Gasteiger charge is 2.16. The number of halogens is 1. The minimum atomic E-state index is 0.262. The van der Waals surface area contributed by atoms with Crippen LogP contribution in [-0.4, -0.2) is 24.5 Å². The molecule has 1 heterocycles. The zero-order chi connectivity index (χ0) is 12.8. The molecule has 2 N–H and O–H groups in total. The van der Waals surface area contributed by atoms with E-state index < -0.39 is 0 Å². The van der Waals surface area contributed by atoms with Crippen LogP contribution in [0.2, 0.25) is 0 Å². The fourth-order valence-corrected chi connectivity index (χ4v) is 3.62. The number of hydrogen-bond acceptors (Lipinski definition) is 3. The Labute approximate surface area is 122 Å². The molecule has 1 aliphatic rings. The molecule has 2 unspecified atom stereocenters. The van der Waals surface area contributed by atoms with E-state index in [4.69, 9.17) is 10.5 Å². The van der Waals surface area contributed by atoms with Crippen molar-refractivity contribution >= 4 is 27.7 Å². The van der Waals surface area contributed by atoms with Crippen LogP contribution >= 0.6 is 27.7 Å². The van der Waals surface area contributed by atoms with Crippen LogP contribution in [0.1, 0.15) is 25.7 Å². The molecular weight excluding hydrogens is 310 g/mol. The molecule has 1 aromatic rings. The second-order valence-electron chi connectivity index (χ2n) is 4.74. The summed E-state index contributed by atoms with van der Waals surface area (Å²) < 4.78 is 6.74. The third-order valence-corrected chi connectivity index (χ3v) is 4.82. The summed E-state index contributed by atoms with van der Waals surface area (Å²) in [7, 11) is 0. The van der Waals surface area contributed by atoms with Crippen LogP contribution in [0, 0.1) is 0 Å². The highest BCUT2D eigenvalue weighted by atomic mass is 79.9. The zero-order valence-electron chi connectivity index (χ0n) is 10.5. The molecule has 2 rings (SSSR count). The van der Waals surface area contributed by atoms with Gasteiger partial charge in [-0.25, -0.2) is 0 Å².